The fourth-order valence-corrected chi connectivity index (χ4v) is 6.01. The highest BCUT2D eigenvalue weighted by Crippen LogP contribution is 2.26. The largest absolute Gasteiger partial charge is 0.354 e. The van der Waals surface area contributed by atoms with Crippen LogP contribution < -0.4 is 5.32 Å². The van der Waals surface area contributed by atoms with Crippen molar-refractivity contribution in [3.8, 4) is 0 Å². The molecule has 1 amide bonds. The summed E-state index contributed by atoms with van der Waals surface area (Å²) in [5, 5.41) is 3.14. The third-order valence-electron chi connectivity index (χ3n) is 6.78. The molecule has 4 rings (SSSR count). The Labute approximate surface area is 190 Å². The Morgan fingerprint density at radius 3 is 2.50 bits per heavy atom. The maximum atomic E-state index is 12.8. The van der Waals surface area contributed by atoms with Crippen LogP contribution in [-0.4, -0.2) is 60.2 Å². The van der Waals surface area contributed by atoms with Gasteiger partial charge in [-0.25, -0.2) is 8.42 Å². The molecule has 3 heterocycles. The number of hydrogen-bond donors (Lipinski definition) is 1. The van der Waals surface area contributed by atoms with Crippen molar-refractivity contribution in [2.75, 3.05) is 26.2 Å². The van der Waals surface area contributed by atoms with Crippen molar-refractivity contribution < 1.29 is 13.2 Å². The van der Waals surface area contributed by atoms with Gasteiger partial charge in [0, 0.05) is 56.6 Å². The van der Waals surface area contributed by atoms with E-state index >= 15 is 0 Å². The molecule has 0 bridgehead atoms. The lowest BCUT2D eigenvalue weighted by atomic mass is 9.93. The number of nitrogens with zero attached hydrogens (tertiary/aromatic N) is 3. The highest BCUT2D eigenvalue weighted by atomic mass is 32.2. The lowest BCUT2D eigenvalue weighted by Crippen LogP contribution is -2.54. The van der Waals surface area contributed by atoms with Crippen molar-refractivity contribution in [3.63, 3.8) is 0 Å². The molecule has 8 heteroatoms. The minimum atomic E-state index is -3.55. The number of nitrogens with one attached hydrogen (secondary N) is 1. The van der Waals surface area contributed by atoms with E-state index in [4.69, 9.17) is 0 Å². The number of aromatic nitrogens is 1. The molecule has 172 valence electrons. The van der Waals surface area contributed by atoms with E-state index in [2.05, 4.69) is 53.3 Å². The van der Waals surface area contributed by atoms with Crippen molar-refractivity contribution in [1.29, 1.82) is 0 Å². The topological polar surface area (TPSA) is 82.6 Å². The molecule has 2 aliphatic heterocycles. The van der Waals surface area contributed by atoms with Gasteiger partial charge in [-0.1, -0.05) is 24.3 Å². The number of amides is 1. The van der Waals surface area contributed by atoms with Crippen molar-refractivity contribution in [3.05, 3.63) is 59.9 Å². The average Bonchev–Trinajstić information content (AvgIpc) is 2.83. The molecule has 2 aromatic rings. The number of rotatable bonds is 6. The zero-order valence-corrected chi connectivity index (χ0v) is 19.6. The van der Waals surface area contributed by atoms with E-state index in [1.54, 1.807) is 18.3 Å². The van der Waals surface area contributed by atoms with E-state index in [9.17, 15) is 13.2 Å². The monoisotopic (exact) mass is 456 g/mol. The normalized spacial score (nSPS) is 18.8. The molecule has 0 spiro atoms. The third-order valence-corrected chi connectivity index (χ3v) is 8.66. The second-order valence-corrected chi connectivity index (χ2v) is 11.3. The second kappa shape index (κ2) is 9.29. The number of fused-ring (bicyclic) bond motifs is 1. The van der Waals surface area contributed by atoms with Gasteiger partial charge in [-0.05, 0) is 56.4 Å². The molecule has 2 aliphatic rings. The number of pyridine rings is 1. The zero-order valence-electron chi connectivity index (χ0n) is 18.8. The number of carbonyl (C=O) groups excluding carboxylic acids is 1. The van der Waals surface area contributed by atoms with Crippen molar-refractivity contribution in [2.24, 2.45) is 5.92 Å². The molecule has 1 aromatic heterocycles. The van der Waals surface area contributed by atoms with Crippen LogP contribution in [0, 0.1) is 5.92 Å². The highest BCUT2D eigenvalue weighted by Gasteiger charge is 2.34. The summed E-state index contributed by atoms with van der Waals surface area (Å²) in [5.74, 6) is -0.137. The fraction of sp³-hybridized carbons (Fsp3) is 0.500. The van der Waals surface area contributed by atoms with Crippen LogP contribution in [0.2, 0.25) is 0 Å². The smallest absolute Gasteiger partial charge is 0.244 e. The summed E-state index contributed by atoms with van der Waals surface area (Å²) in [7, 11) is -3.55. The number of piperidine rings is 1. The molecular weight excluding hydrogens is 424 g/mol. The van der Waals surface area contributed by atoms with Crippen molar-refractivity contribution >= 4 is 15.9 Å². The van der Waals surface area contributed by atoms with Gasteiger partial charge in [0.25, 0.3) is 0 Å². The van der Waals surface area contributed by atoms with Gasteiger partial charge in [-0.2, -0.15) is 4.31 Å². The lowest BCUT2D eigenvalue weighted by Gasteiger charge is -2.42. The Balaban J connectivity index is 1.29. The summed E-state index contributed by atoms with van der Waals surface area (Å²) in [6, 6.07) is 11.7. The lowest BCUT2D eigenvalue weighted by molar-refractivity contribution is -0.126. The standard InChI is InChI=1S/C24H32N4O3S/c1-24(2,27-13-9-19-6-3-4-7-21(19)17-27)18-26-23(29)20-10-14-28(15-11-20)32(30,31)22-8-5-12-25-16-22/h3-8,12,16,20H,9-11,13-15,17-18H2,1-2H3,(H,26,29). The number of benzene rings is 1. The summed E-state index contributed by atoms with van der Waals surface area (Å²) in [6.07, 6.45) is 5.01. The van der Waals surface area contributed by atoms with Crippen LogP contribution in [0.5, 0.6) is 0 Å². The van der Waals surface area contributed by atoms with Crippen molar-refractivity contribution in [1.82, 2.24) is 19.5 Å². The molecule has 0 atom stereocenters. The molecule has 1 fully saturated rings. The van der Waals surface area contributed by atoms with E-state index in [1.807, 2.05) is 0 Å². The molecule has 1 saturated heterocycles. The molecule has 1 aromatic carbocycles. The van der Waals surface area contributed by atoms with Gasteiger partial charge >= 0.3 is 0 Å². The van der Waals surface area contributed by atoms with Gasteiger partial charge in [0.2, 0.25) is 15.9 Å². The Bertz CT molecular complexity index is 1050. The van der Waals surface area contributed by atoms with Crippen LogP contribution in [0.1, 0.15) is 37.8 Å². The van der Waals surface area contributed by atoms with Gasteiger partial charge in [0.15, 0.2) is 0 Å². The van der Waals surface area contributed by atoms with Crippen molar-refractivity contribution in [2.45, 2.75) is 50.1 Å². The van der Waals surface area contributed by atoms with E-state index < -0.39 is 10.0 Å². The fourth-order valence-electron chi connectivity index (χ4n) is 4.58. The maximum absolute atomic E-state index is 12.8. The Morgan fingerprint density at radius 1 is 1.09 bits per heavy atom. The summed E-state index contributed by atoms with van der Waals surface area (Å²) in [6.45, 7) is 7.48. The van der Waals surface area contributed by atoms with Gasteiger partial charge in [-0.3, -0.25) is 14.7 Å². The first-order valence-electron chi connectivity index (χ1n) is 11.3. The minimum absolute atomic E-state index is 0.0221. The van der Waals surface area contributed by atoms with Crippen LogP contribution in [0.4, 0.5) is 0 Å². The molecule has 0 aliphatic carbocycles. The zero-order chi connectivity index (χ0) is 22.8. The first kappa shape index (κ1) is 22.9. The molecule has 0 saturated carbocycles. The second-order valence-electron chi connectivity index (χ2n) is 9.34. The Morgan fingerprint density at radius 2 is 1.81 bits per heavy atom. The SMILES string of the molecule is CC(C)(CNC(=O)C1CCN(S(=O)(=O)c2cccnc2)CC1)N1CCc2ccccc2C1. The maximum Gasteiger partial charge on any atom is 0.244 e. The van der Waals surface area contributed by atoms with Crippen LogP contribution in [0.15, 0.2) is 53.7 Å². The van der Waals surface area contributed by atoms with Gasteiger partial charge in [0.05, 0.1) is 0 Å². The predicted octanol–water partition coefficient (Wildman–Crippen LogP) is 2.44. The quantitative estimate of drug-likeness (QED) is 0.722. The van der Waals surface area contributed by atoms with Gasteiger partial charge in [0.1, 0.15) is 4.90 Å². The van der Waals surface area contributed by atoms with Gasteiger partial charge < -0.3 is 5.32 Å². The summed E-state index contributed by atoms with van der Waals surface area (Å²) in [4.78, 5) is 19.4. The van der Waals surface area contributed by atoms with Gasteiger partial charge in [-0.15, -0.1) is 0 Å². The summed E-state index contributed by atoms with van der Waals surface area (Å²) < 4.78 is 27.0. The van der Waals surface area contributed by atoms with Crippen LogP contribution in [0.3, 0.4) is 0 Å². The molecule has 7 nitrogen and oxygen atoms in total. The Hall–Kier alpha value is -2.29. The van der Waals surface area contributed by atoms with E-state index in [0.29, 0.717) is 32.5 Å². The number of sulfonamides is 1. The molecule has 1 N–H and O–H groups in total. The van der Waals surface area contributed by atoms with Crippen LogP contribution in [0.25, 0.3) is 0 Å². The molecule has 32 heavy (non-hydrogen) atoms. The number of carbonyl (C=O) groups is 1. The molecule has 0 unspecified atom stereocenters. The summed E-state index contributed by atoms with van der Waals surface area (Å²) >= 11 is 0. The molecular formula is C24H32N4O3S. The van der Waals surface area contributed by atoms with Crippen LogP contribution >= 0.6 is 0 Å². The van der Waals surface area contributed by atoms with E-state index in [-0.39, 0.29) is 22.3 Å². The average molecular weight is 457 g/mol. The first-order chi connectivity index (χ1) is 15.3. The summed E-state index contributed by atoms with van der Waals surface area (Å²) in [5.41, 5.74) is 2.62. The van der Waals surface area contributed by atoms with E-state index in [0.717, 1.165) is 19.5 Å². The first-order valence-corrected chi connectivity index (χ1v) is 12.7. The third kappa shape index (κ3) is 4.87. The highest BCUT2D eigenvalue weighted by molar-refractivity contribution is 7.89. The Kier molecular flexibility index (Phi) is 6.65. The van der Waals surface area contributed by atoms with Crippen LogP contribution in [-0.2, 0) is 27.8 Å². The minimum Gasteiger partial charge on any atom is -0.354 e. The molecule has 0 radical (unpaired) electrons. The number of hydrogen-bond acceptors (Lipinski definition) is 5. The predicted molar refractivity (Wildman–Crippen MR) is 123 cm³/mol. The van der Waals surface area contributed by atoms with E-state index in [1.165, 1.54) is 21.6 Å².